The molecular formula is C32H39FN2O10. The minimum atomic E-state index is -1.97. The van der Waals surface area contributed by atoms with Crippen molar-refractivity contribution in [3.05, 3.63) is 59.2 Å². The predicted molar refractivity (Wildman–Crippen MR) is 153 cm³/mol. The largest absolute Gasteiger partial charge is 0.460 e. The number of hydrogen-bond acceptors (Lipinski definition) is 11. The molecule has 3 saturated carbocycles. The number of benzene rings is 1. The van der Waals surface area contributed by atoms with Crippen molar-refractivity contribution in [2.24, 2.45) is 28.6 Å². The molecule has 0 bridgehead atoms. The second-order valence-electron chi connectivity index (χ2n) is 12.8. The SMILES string of the molecule is C[C@]12C[C@H](O)C3(F)[C@@H](CCC4=CC(=O)C=C[C@@]43C)C1CCC2C(=O)COC(=O)NCCOC(=O)c1ccccc1CON(O)O. The molecule has 4 aliphatic carbocycles. The Morgan fingerprint density at radius 1 is 1.09 bits per heavy atom. The lowest BCUT2D eigenvalue weighted by Crippen LogP contribution is -2.66. The number of rotatable bonds is 10. The third-order valence-corrected chi connectivity index (χ3v) is 10.5. The van der Waals surface area contributed by atoms with Crippen LogP contribution in [0.15, 0.2) is 48.1 Å². The Kier molecular flexibility index (Phi) is 9.30. The van der Waals surface area contributed by atoms with Gasteiger partial charge < -0.3 is 19.9 Å². The number of ether oxygens (including phenoxy) is 2. The maximum absolute atomic E-state index is 17.2. The average Bonchev–Trinajstić information content (AvgIpc) is 3.34. The summed E-state index contributed by atoms with van der Waals surface area (Å²) < 4.78 is 27.5. The van der Waals surface area contributed by atoms with E-state index in [0.29, 0.717) is 36.8 Å². The maximum Gasteiger partial charge on any atom is 0.407 e. The van der Waals surface area contributed by atoms with Crippen LogP contribution in [0.25, 0.3) is 0 Å². The first-order valence-corrected chi connectivity index (χ1v) is 15.1. The fourth-order valence-electron chi connectivity index (χ4n) is 8.37. The number of fused-ring (bicyclic) bond motifs is 5. The lowest BCUT2D eigenvalue weighted by atomic mass is 9.45. The Hall–Kier alpha value is -3.49. The van der Waals surface area contributed by atoms with Crippen molar-refractivity contribution in [2.45, 2.75) is 64.3 Å². The molecule has 7 atom stereocenters. The molecule has 0 aromatic heterocycles. The van der Waals surface area contributed by atoms with Gasteiger partial charge >= 0.3 is 12.1 Å². The molecule has 0 heterocycles. The van der Waals surface area contributed by atoms with Crippen LogP contribution in [0.5, 0.6) is 0 Å². The number of aliphatic hydroxyl groups is 1. The van der Waals surface area contributed by atoms with Gasteiger partial charge in [-0.3, -0.25) is 20.0 Å². The fraction of sp³-hybridized carbons (Fsp3) is 0.562. The number of ketones is 2. The standard InChI is InChI=1S/C32H39FN2O10/c1-30-16-27(38)32(33)24(8-7-20-15-21(36)11-12-31(20,32)2)23(30)9-10-25(30)26(37)18-44-29(40)34-13-14-43-28(39)22-6-4-3-5-19(22)17-45-35(41)42/h3-6,11-12,15,23-25,27,38,41-42H,7-10,13-14,16-18H2,1-2H3,(H,34,40)/t23?,24-,25?,27-,30-,31-,32?/m0/s1. The van der Waals surface area contributed by atoms with Gasteiger partial charge in [0.2, 0.25) is 0 Å². The number of allylic oxidation sites excluding steroid dienone is 4. The van der Waals surface area contributed by atoms with Gasteiger partial charge in [-0.25, -0.2) is 18.8 Å². The van der Waals surface area contributed by atoms with Crippen molar-refractivity contribution in [3.8, 4) is 0 Å². The third kappa shape index (κ3) is 5.95. The van der Waals surface area contributed by atoms with Crippen LogP contribution in [0.1, 0.15) is 61.9 Å². The summed E-state index contributed by atoms with van der Waals surface area (Å²) in [6.07, 6.45) is 4.47. The van der Waals surface area contributed by atoms with Gasteiger partial charge in [0.05, 0.1) is 30.2 Å². The van der Waals surface area contributed by atoms with Crippen LogP contribution in [-0.4, -0.2) is 76.1 Å². The van der Waals surface area contributed by atoms with Gasteiger partial charge in [-0.2, -0.15) is 0 Å². The Bertz CT molecular complexity index is 1410. The molecule has 244 valence electrons. The molecule has 1 amide bonds. The van der Waals surface area contributed by atoms with Crippen molar-refractivity contribution < 1.29 is 53.4 Å². The number of nitrogens with zero attached hydrogens (tertiary/aromatic N) is 1. The summed E-state index contributed by atoms with van der Waals surface area (Å²) in [7, 11) is 0. The molecule has 13 heteroatoms. The van der Waals surface area contributed by atoms with E-state index in [1.165, 1.54) is 18.2 Å². The minimum absolute atomic E-state index is 0.0802. The number of alkyl carbamates (subject to hydrolysis) is 1. The fourth-order valence-corrected chi connectivity index (χ4v) is 8.37. The summed E-state index contributed by atoms with van der Waals surface area (Å²) in [6, 6.07) is 6.24. The zero-order chi connectivity index (χ0) is 32.6. The van der Waals surface area contributed by atoms with Crippen molar-refractivity contribution in [1.82, 2.24) is 10.7 Å². The molecule has 45 heavy (non-hydrogen) atoms. The second kappa shape index (κ2) is 12.7. The number of Topliss-reactive ketones (excluding diaryl/α,β-unsaturated/α-hetero) is 1. The van der Waals surface area contributed by atoms with Crippen LogP contribution < -0.4 is 5.32 Å². The topological polar surface area (TPSA) is 172 Å². The summed E-state index contributed by atoms with van der Waals surface area (Å²) in [5.41, 5.74) is -2.56. The van der Waals surface area contributed by atoms with Crippen molar-refractivity contribution >= 4 is 23.6 Å². The lowest BCUT2D eigenvalue weighted by Gasteiger charge is -2.62. The molecule has 0 aliphatic heterocycles. The molecular weight excluding hydrogens is 591 g/mol. The number of nitrogens with one attached hydrogen (secondary N) is 1. The van der Waals surface area contributed by atoms with Crippen LogP contribution in [0.2, 0.25) is 0 Å². The van der Waals surface area contributed by atoms with Crippen molar-refractivity contribution in [2.75, 3.05) is 19.8 Å². The van der Waals surface area contributed by atoms with E-state index in [4.69, 9.17) is 19.9 Å². The van der Waals surface area contributed by atoms with Gasteiger partial charge in [0.15, 0.2) is 23.8 Å². The first-order chi connectivity index (χ1) is 21.3. The van der Waals surface area contributed by atoms with Crippen LogP contribution in [0.4, 0.5) is 9.18 Å². The van der Waals surface area contributed by atoms with Gasteiger partial charge in [0.1, 0.15) is 6.61 Å². The summed E-state index contributed by atoms with van der Waals surface area (Å²) in [5.74, 6) is -2.36. The third-order valence-electron chi connectivity index (χ3n) is 10.5. The Morgan fingerprint density at radius 3 is 2.60 bits per heavy atom. The zero-order valence-corrected chi connectivity index (χ0v) is 25.2. The molecule has 3 fully saturated rings. The van der Waals surface area contributed by atoms with E-state index < -0.39 is 58.5 Å². The minimum Gasteiger partial charge on any atom is -0.460 e. The normalized spacial score (nSPS) is 33.5. The smallest absolute Gasteiger partial charge is 0.407 e. The molecule has 5 rings (SSSR count). The molecule has 3 unspecified atom stereocenters. The second-order valence-corrected chi connectivity index (χ2v) is 12.8. The highest BCUT2D eigenvalue weighted by molar-refractivity contribution is 6.01. The van der Waals surface area contributed by atoms with E-state index >= 15 is 4.39 Å². The highest BCUT2D eigenvalue weighted by Crippen LogP contribution is 2.68. The summed E-state index contributed by atoms with van der Waals surface area (Å²) in [5, 5.41) is 30.8. The van der Waals surface area contributed by atoms with E-state index in [-0.39, 0.29) is 49.2 Å². The molecule has 0 spiro atoms. The average molecular weight is 631 g/mol. The number of halogens is 1. The van der Waals surface area contributed by atoms with E-state index in [1.807, 2.05) is 6.92 Å². The first-order valence-electron chi connectivity index (χ1n) is 15.1. The van der Waals surface area contributed by atoms with Crippen molar-refractivity contribution in [3.63, 3.8) is 0 Å². The molecule has 1 aromatic rings. The van der Waals surface area contributed by atoms with E-state index in [1.54, 1.807) is 31.2 Å². The van der Waals surface area contributed by atoms with Crippen LogP contribution >= 0.6 is 0 Å². The Balaban J connectivity index is 1.12. The lowest BCUT2D eigenvalue weighted by molar-refractivity contribution is -0.497. The number of amides is 1. The summed E-state index contributed by atoms with van der Waals surface area (Å²) >= 11 is 0. The van der Waals surface area contributed by atoms with Crippen molar-refractivity contribution in [1.29, 1.82) is 0 Å². The quantitative estimate of drug-likeness (QED) is 0.169. The van der Waals surface area contributed by atoms with Gasteiger partial charge in [0, 0.05) is 17.3 Å². The molecule has 4 N–H and O–H groups in total. The first kappa shape index (κ1) is 32.9. The van der Waals surface area contributed by atoms with Gasteiger partial charge in [-0.05, 0) is 74.1 Å². The number of esters is 1. The monoisotopic (exact) mass is 630 g/mol. The van der Waals surface area contributed by atoms with Gasteiger partial charge in [-0.15, -0.1) is 0 Å². The summed E-state index contributed by atoms with van der Waals surface area (Å²) in [4.78, 5) is 54.6. The van der Waals surface area contributed by atoms with Gasteiger partial charge in [-0.1, -0.05) is 36.8 Å². The highest BCUT2D eigenvalue weighted by Gasteiger charge is 2.70. The maximum atomic E-state index is 17.2. The molecule has 4 aliphatic rings. The Labute approximate surface area is 259 Å². The number of carbonyl (C=O) groups excluding carboxylic acids is 4. The highest BCUT2D eigenvalue weighted by atomic mass is 19.1. The number of carbonyl (C=O) groups is 4. The number of hydrogen-bond donors (Lipinski definition) is 4. The molecule has 0 radical (unpaired) electrons. The Morgan fingerprint density at radius 2 is 1.84 bits per heavy atom. The number of alkyl halides is 1. The molecule has 0 saturated heterocycles. The predicted octanol–water partition coefficient (Wildman–Crippen LogP) is 3.64. The van der Waals surface area contributed by atoms with Crippen LogP contribution in [0, 0.1) is 28.6 Å². The van der Waals surface area contributed by atoms with E-state index in [0.717, 1.165) is 0 Å². The van der Waals surface area contributed by atoms with Crippen LogP contribution in [-0.2, 0) is 30.5 Å². The molecule has 12 nitrogen and oxygen atoms in total. The van der Waals surface area contributed by atoms with Gasteiger partial charge in [0.25, 0.3) is 0 Å². The molecule has 1 aromatic carbocycles. The van der Waals surface area contributed by atoms with Crippen LogP contribution in [0.3, 0.4) is 0 Å². The summed E-state index contributed by atoms with van der Waals surface area (Å²) in [6.45, 7) is 2.59. The van der Waals surface area contributed by atoms with E-state index in [2.05, 4.69) is 10.2 Å². The zero-order valence-electron chi connectivity index (χ0n) is 25.2. The number of aliphatic hydroxyl groups excluding tert-OH is 1. The van der Waals surface area contributed by atoms with E-state index in [9.17, 15) is 24.3 Å².